The van der Waals surface area contributed by atoms with Gasteiger partial charge in [0.25, 0.3) is 0 Å². The number of hydrogen-bond acceptors (Lipinski definition) is 5. The van der Waals surface area contributed by atoms with E-state index in [1.807, 2.05) is 6.92 Å². The van der Waals surface area contributed by atoms with Gasteiger partial charge in [0.2, 0.25) is 0 Å². The number of carboxylic acids is 1. The fraction of sp³-hybridized carbons (Fsp3) is 0.692. The highest BCUT2D eigenvalue weighted by Gasteiger charge is 2.37. The number of hydrogen-bond donors (Lipinski definition) is 2. The molecule has 1 aliphatic rings. The van der Waals surface area contributed by atoms with E-state index in [0.717, 1.165) is 30.7 Å². The number of nitrogens with zero attached hydrogens (tertiary/aromatic N) is 1. The zero-order valence-electron chi connectivity index (χ0n) is 11.1. The predicted molar refractivity (Wildman–Crippen MR) is 73.1 cm³/mol. The lowest BCUT2D eigenvalue weighted by atomic mass is 9.85. The van der Waals surface area contributed by atoms with E-state index in [1.165, 1.54) is 17.8 Å². The molecule has 1 aromatic heterocycles. The van der Waals surface area contributed by atoms with Crippen LogP contribution < -0.4 is 5.73 Å². The molecule has 0 amide bonds. The van der Waals surface area contributed by atoms with Crippen LogP contribution in [0.25, 0.3) is 0 Å². The molecule has 1 aromatic rings. The van der Waals surface area contributed by atoms with Gasteiger partial charge in [-0.15, -0.1) is 11.3 Å². The third-order valence-electron chi connectivity index (χ3n) is 3.58. The summed E-state index contributed by atoms with van der Waals surface area (Å²) in [6, 6.07) is -1.05. The minimum absolute atomic E-state index is 0.325. The molecule has 0 bridgehead atoms. The van der Waals surface area contributed by atoms with Crippen LogP contribution in [0.5, 0.6) is 0 Å². The zero-order chi connectivity index (χ0) is 13.9. The maximum atomic E-state index is 10.9. The van der Waals surface area contributed by atoms with Gasteiger partial charge in [-0.05, 0) is 19.8 Å². The van der Waals surface area contributed by atoms with Crippen molar-refractivity contribution in [2.45, 2.75) is 50.7 Å². The van der Waals surface area contributed by atoms with Crippen molar-refractivity contribution in [2.24, 2.45) is 5.73 Å². The molecule has 1 fully saturated rings. The monoisotopic (exact) mass is 284 g/mol. The van der Waals surface area contributed by atoms with Gasteiger partial charge in [-0.2, -0.15) is 0 Å². The fourth-order valence-electron chi connectivity index (χ4n) is 2.58. The molecular formula is C13H20N2O3S. The van der Waals surface area contributed by atoms with E-state index in [4.69, 9.17) is 15.6 Å². The van der Waals surface area contributed by atoms with Gasteiger partial charge < -0.3 is 15.6 Å². The summed E-state index contributed by atoms with van der Waals surface area (Å²) in [5.41, 5.74) is 5.70. The Morgan fingerprint density at radius 3 is 2.84 bits per heavy atom. The van der Waals surface area contributed by atoms with E-state index in [-0.39, 0.29) is 5.60 Å². The Labute approximate surface area is 116 Å². The van der Waals surface area contributed by atoms with Crippen LogP contribution in [0.4, 0.5) is 0 Å². The minimum Gasteiger partial charge on any atom is -0.480 e. The SMILES string of the molecule is CCOC1(c2nc(C(N)C(=O)O)cs2)CCCCC1. The molecule has 0 saturated heterocycles. The van der Waals surface area contributed by atoms with Crippen molar-refractivity contribution in [1.29, 1.82) is 0 Å². The van der Waals surface area contributed by atoms with E-state index in [9.17, 15) is 4.79 Å². The second-order valence-corrected chi connectivity index (χ2v) is 5.74. The van der Waals surface area contributed by atoms with Gasteiger partial charge in [0.15, 0.2) is 0 Å². The van der Waals surface area contributed by atoms with Crippen LogP contribution in [0.2, 0.25) is 0 Å². The van der Waals surface area contributed by atoms with Gasteiger partial charge in [-0.3, -0.25) is 4.79 Å². The van der Waals surface area contributed by atoms with E-state index < -0.39 is 12.0 Å². The molecule has 0 radical (unpaired) electrons. The molecule has 0 aliphatic heterocycles. The van der Waals surface area contributed by atoms with Crippen molar-refractivity contribution < 1.29 is 14.6 Å². The van der Waals surface area contributed by atoms with Crippen LogP contribution in [0.3, 0.4) is 0 Å². The Morgan fingerprint density at radius 1 is 1.58 bits per heavy atom. The van der Waals surface area contributed by atoms with Crippen molar-refractivity contribution in [2.75, 3.05) is 6.61 Å². The summed E-state index contributed by atoms with van der Waals surface area (Å²) in [5.74, 6) is -1.05. The number of carbonyl (C=O) groups is 1. The van der Waals surface area contributed by atoms with Gasteiger partial charge in [-0.25, -0.2) is 4.98 Å². The molecule has 0 spiro atoms. The van der Waals surface area contributed by atoms with Crippen molar-refractivity contribution in [3.05, 3.63) is 16.1 Å². The summed E-state index contributed by atoms with van der Waals surface area (Å²) in [5, 5.41) is 11.5. The van der Waals surface area contributed by atoms with Gasteiger partial charge in [0.1, 0.15) is 16.7 Å². The van der Waals surface area contributed by atoms with Crippen LogP contribution >= 0.6 is 11.3 Å². The smallest absolute Gasteiger partial charge is 0.326 e. The molecule has 19 heavy (non-hydrogen) atoms. The van der Waals surface area contributed by atoms with Crippen LogP contribution in [-0.4, -0.2) is 22.7 Å². The van der Waals surface area contributed by atoms with E-state index in [1.54, 1.807) is 5.38 Å². The Balaban J connectivity index is 2.25. The number of aliphatic carboxylic acids is 1. The molecule has 5 nitrogen and oxygen atoms in total. The zero-order valence-corrected chi connectivity index (χ0v) is 11.9. The number of ether oxygens (including phenoxy) is 1. The Kier molecular flexibility index (Phi) is 4.54. The average Bonchev–Trinajstić information content (AvgIpc) is 2.89. The molecule has 3 N–H and O–H groups in total. The number of rotatable bonds is 5. The Bertz CT molecular complexity index is 435. The van der Waals surface area contributed by atoms with Gasteiger partial charge in [0.05, 0.1) is 5.69 Å². The summed E-state index contributed by atoms with van der Waals surface area (Å²) in [6.45, 7) is 2.62. The van der Waals surface area contributed by atoms with Crippen molar-refractivity contribution in [3.8, 4) is 0 Å². The first-order valence-corrected chi connectivity index (χ1v) is 7.55. The van der Waals surface area contributed by atoms with Crippen LogP contribution in [0, 0.1) is 0 Å². The predicted octanol–water partition coefficient (Wildman–Crippen LogP) is 2.42. The number of thiazole rings is 1. The largest absolute Gasteiger partial charge is 0.480 e. The summed E-state index contributed by atoms with van der Waals surface area (Å²) >= 11 is 1.46. The van der Waals surface area contributed by atoms with E-state index in [0.29, 0.717) is 12.3 Å². The fourth-order valence-corrected chi connectivity index (χ4v) is 3.65. The Morgan fingerprint density at radius 2 is 2.26 bits per heavy atom. The van der Waals surface area contributed by atoms with Gasteiger partial charge in [-0.1, -0.05) is 19.3 Å². The van der Waals surface area contributed by atoms with Gasteiger partial charge >= 0.3 is 5.97 Å². The number of aromatic nitrogens is 1. The second-order valence-electron chi connectivity index (χ2n) is 4.88. The highest BCUT2D eigenvalue weighted by atomic mass is 32.1. The molecule has 106 valence electrons. The number of nitrogens with two attached hydrogens (primary N) is 1. The Hall–Kier alpha value is -0.980. The maximum Gasteiger partial charge on any atom is 0.326 e. The summed E-state index contributed by atoms with van der Waals surface area (Å²) in [6.07, 6.45) is 5.38. The molecule has 0 aromatic carbocycles. The van der Waals surface area contributed by atoms with Crippen LogP contribution in [0.1, 0.15) is 55.8 Å². The maximum absolute atomic E-state index is 10.9. The van der Waals surface area contributed by atoms with Gasteiger partial charge in [0, 0.05) is 12.0 Å². The molecule has 1 aliphatic carbocycles. The molecule has 1 unspecified atom stereocenters. The average molecular weight is 284 g/mol. The van der Waals surface area contributed by atoms with E-state index >= 15 is 0 Å². The lowest BCUT2D eigenvalue weighted by molar-refractivity contribution is -0.138. The van der Waals surface area contributed by atoms with Crippen molar-refractivity contribution in [1.82, 2.24) is 4.98 Å². The summed E-state index contributed by atoms with van der Waals surface area (Å²) in [7, 11) is 0. The van der Waals surface area contributed by atoms with Crippen LogP contribution in [-0.2, 0) is 15.1 Å². The first kappa shape index (κ1) is 14.4. The quantitative estimate of drug-likeness (QED) is 0.867. The highest BCUT2D eigenvalue weighted by Crippen LogP contribution is 2.42. The molecule has 2 rings (SSSR count). The highest BCUT2D eigenvalue weighted by molar-refractivity contribution is 7.09. The van der Waals surface area contributed by atoms with Crippen LogP contribution in [0.15, 0.2) is 5.38 Å². The standard InChI is InChI=1S/C13H20N2O3S/c1-2-18-13(6-4-3-5-7-13)12-15-9(8-19-12)10(14)11(16)17/h8,10H,2-7,14H2,1H3,(H,16,17). The normalized spacial score (nSPS) is 20.1. The third-order valence-corrected chi connectivity index (χ3v) is 4.62. The molecule has 1 saturated carbocycles. The second kappa shape index (κ2) is 5.98. The minimum atomic E-state index is -1.05. The number of carboxylic acid groups (broad SMARTS) is 1. The van der Waals surface area contributed by atoms with Crippen molar-refractivity contribution in [3.63, 3.8) is 0 Å². The topological polar surface area (TPSA) is 85.4 Å². The van der Waals surface area contributed by atoms with E-state index in [2.05, 4.69) is 4.98 Å². The third kappa shape index (κ3) is 2.96. The lowest BCUT2D eigenvalue weighted by Gasteiger charge is -2.35. The summed E-state index contributed by atoms with van der Waals surface area (Å²) in [4.78, 5) is 15.3. The molecule has 1 heterocycles. The first-order chi connectivity index (χ1) is 9.09. The molecule has 1 atom stereocenters. The molecule has 6 heteroatoms. The summed E-state index contributed by atoms with van der Waals surface area (Å²) < 4.78 is 5.97. The first-order valence-electron chi connectivity index (χ1n) is 6.67. The lowest BCUT2D eigenvalue weighted by Crippen LogP contribution is -2.32. The van der Waals surface area contributed by atoms with Crippen molar-refractivity contribution >= 4 is 17.3 Å². The molecular weight excluding hydrogens is 264 g/mol.